The molecule has 0 bridgehead atoms. The molecule has 0 amide bonds. The number of carbonyl (C=O) groups excluding carboxylic acids is 1. The van der Waals surface area contributed by atoms with Crippen molar-refractivity contribution in [1.82, 2.24) is 24.8 Å². The topological polar surface area (TPSA) is 276 Å². The predicted octanol–water partition coefficient (Wildman–Crippen LogP) is 3.51. The van der Waals surface area contributed by atoms with Gasteiger partial charge in [0.1, 0.15) is 30.5 Å². The molecular weight excluding hydrogens is 963 g/mol. The highest BCUT2D eigenvalue weighted by Gasteiger charge is 2.53. The fourth-order valence-electron chi connectivity index (χ4n) is 10.9. The van der Waals surface area contributed by atoms with Crippen LogP contribution in [0.4, 0.5) is 5.69 Å². The number of rotatable bonds is 18. The number of likely N-dealkylation sites (N-methyl/N-ethyl adjacent to an activating group) is 2. The normalized spacial score (nSPS) is 38.5. The summed E-state index contributed by atoms with van der Waals surface area (Å²) in [5.41, 5.74) is -2.85. The summed E-state index contributed by atoms with van der Waals surface area (Å²) in [6.45, 7) is 18.8. The highest BCUT2D eigenvalue weighted by molar-refractivity contribution is 5.88. The number of hydrogen-bond donors (Lipinski definition) is 5. The van der Waals surface area contributed by atoms with Crippen LogP contribution in [0.1, 0.15) is 106 Å². The second-order valence-corrected chi connectivity index (χ2v) is 22.1. The van der Waals surface area contributed by atoms with E-state index in [-0.39, 0.29) is 31.6 Å². The average Bonchev–Trinajstić information content (AvgIpc) is 3.81. The van der Waals surface area contributed by atoms with E-state index in [1.165, 1.54) is 26.2 Å². The van der Waals surface area contributed by atoms with Crippen molar-refractivity contribution >= 4 is 17.4 Å². The highest BCUT2D eigenvalue weighted by Crippen LogP contribution is 2.41. The summed E-state index contributed by atoms with van der Waals surface area (Å²) in [7, 11) is 7.18. The van der Waals surface area contributed by atoms with E-state index in [0.717, 1.165) is 11.3 Å². The van der Waals surface area contributed by atoms with E-state index in [0.29, 0.717) is 44.6 Å². The van der Waals surface area contributed by atoms with Gasteiger partial charge in [0.25, 0.3) is 5.69 Å². The third-order valence-electron chi connectivity index (χ3n) is 15.6. The van der Waals surface area contributed by atoms with Crippen molar-refractivity contribution in [3.63, 3.8) is 0 Å². The molecule has 22 nitrogen and oxygen atoms in total. The molecule has 1 aromatic carbocycles. The number of nitro groups is 1. The van der Waals surface area contributed by atoms with Gasteiger partial charge in [-0.3, -0.25) is 19.6 Å². The Hall–Kier alpha value is -3.78. The van der Waals surface area contributed by atoms with Gasteiger partial charge in [-0.2, -0.15) is 0 Å². The highest BCUT2D eigenvalue weighted by atomic mass is 16.7. The quantitative estimate of drug-likeness (QED) is 0.0618. The Bertz CT molecular complexity index is 2130. The van der Waals surface area contributed by atoms with Crippen LogP contribution in [-0.2, 0) is 57.4 Å². The number of esters is 1. The Morgan fingerprint density at radius 3 is 2.23 bits per heavy atom. The third kappa shape index (κ3) is 15.0. The molecule has 0 saturated carbocycles. The van der Waals surface area contributed by atoms with Crippen molar-refractivity contribution in [2.24, 2.45) is 28.8 Å². The summed E-state index contributed by atoms with van der Waals surface area (Å²) in [6, 6.07) is 5.93. The zero-order valence-corrected chi connectivity index (χ0v) is 46.1. The van der Waals surface area contributed by atoms with Gasteiger partial charge in [-0.05, 0) is 93.9 Å². The van der Waals surface area contributed by atoms with E-state index in [9.17, 15) is 40.4 Å². The van der Waals surface area contributed by atoms with E-state index < -0.39 is 119 Å². The molecule has 0 aliphatic carbocycles. The number of non-ortho nitro benzene ring substituents is 1. The molecule has 3 aliphatic heterocycles. The lowest BCUT2D eigenvalue weighted by Gasteiger charge is -2.49. The van der Waals surface area contributed by atoms with Gasteiger partial charge in [0.15, 0.2) is 12.6 Å². The maximum atomic E-state index is 14.6. The molecule has 5 rings (SSSR count). The number of cyclic esters (lactones) is 1. The number of oxime groups is 1. The molecule has 22 heteroatoms. The smallest absolute Gasteiger partial charge is 0.311 e. The molecule has 2 unspecified atom stereocenters. The summed E-state index contributed by atoms with van der Waals surface area (Å²) in [5, 5.41) is 84.9. The van der Waals surface area contributed by atoms with Gasteiger partial charge in [-0.1, -0.05) is 50.2 Å². The van der Waals surface area contributed by atoms with Crippen LogP contribution in [-0.4, -0.2) is 199 Å². The van der Waals surface area contributed by atoms with Gasteiger partial charge in [-0.25, -0.2) is 0 Å². The zero-order chi connectivity index (χ0) is 55.0. The van der Waals surface area contributed by atoms with Crippen LogP contribution < -0.4 is 0 Å². The number of nitro benzene ring substituents is 1. The molecule has 0 radical (unpaired) electrons. The fourth-order valence-corrected chi connectivity index (χ4v) is 10.9. The molecule has 2 aromatic rings. The van der Waals surface area contributed by atoms with E-state index in [1.807, 2.05) is 51.0 Å². The molecule has 1 aromatic heterocycles. The Morgan fingerprint density at radius 1 is 0.932 bits per heavy atom. The van der Waals surface area contributed by atoms with Crippen molar-refractivity contribution in [2.75, 3.05) is 47.9 Å². The number of aliphatic hydroxyl groups excluding tert-OH is 3. The number of methoxy groups -OCH3 is 1. The minimum Gasteiger partial charge on any atom is -0.459 e. The molecule has 18 atom stereocenters. The minimum atomic E-state index is -1.97. The van der Waals surface area contributed by atoms with Gasteiger partial charge in [0.05, 0.1) is 64.0 Å². The van der Waals surface area contributed by atoms with Gasteiger partial charge >= 0.3 is 5.97 Å². The first-order valence-corrected chi connectivity index (χ1v) is 26.2. The number of nitrogens with zero attached hydrogens (tertiary/aromatic N) is 7. The van der Waals surface area contributed by atoms with Gasteiger partial charge < -0.3 is 68.6 Å². The monoisotopic (exact) mass is 1050 g/mol. The molecular formula is C52H87N7O15. The number of aryl methyl sites for hydroxylation is 2. The van der Waals surface area contributed by atoms with E-state index >= 15 is 0 Å². The third-order valence-corrected chi connectivity index (χ3v) is 15.6. The van der Waals surface area contributed by atoms with Crippen molar-refractivity contribution in [3.05, 3.63) is 51.8 Å². The Balaban J connectivity index is 1.48. The van der Waals surface area contributed by atoms with Gasteiger partial charge in [-0.15, -0.1) is 5.10 Å². The van der Waals surface area contributed by atoms with Gasteiger partial charge in [0.2, 0.25) is 0 Å². The van der Waals surface area contributed by atoms with Crippen LogP contribution in [0.15, 0.2) is 35.6 Å². The largest absolute Gasteiger partial charge is 0.459 e. The summed E-state index contributed by atoms with van der Waals surface area (Å²) in [5.74, 6) is -4.24. The lowest BCUT2D eigenvalue weighted by molar-refractivity contribution is -0.384. The standard InChI is InChI=1S/C52H87N7O15/c1-15-40-52(10,65)45(61)32(4)42(54-69-25-24-56(11)12)30(2)27-50(8,64)47(33(5)44(34(6)48(63)72-40)73-41-28-51(9,68-14)46(62)35(7)71-41)74-49-43(60)39(26-31(3)70-49)57(13)22-21-37-29-58(55-53-37)23-20-36-16-18-38(19-17-36)59(66)67/h16-19,29-35,39-41,43-47,49,60-62,64-65H,15,20-28H2,1-14H3/b54-42+/t30-,31-,32+,33+,34-,35+,39+,40-,41?,43+,44+,45-,46+,47-,49?,50-,51-,52-/m1/s1. The van der Waals surface area contributed by atoms with Crippen LogP contribution in [0, 0.1) is 33.8 Å². The van der Waals surface area contributed by atoms with Crippen molar-refractivity contribution < 1.29 is 68.5 Å². The second-order valence-electron chi connectivity index (χ2n) is 22.1. The van der Waals surface area contributed by atoms with E-state index in [1.54, 1.807) is 65.3 Å². The Kier molecular flexibility index (Phi) is 21.5. The zero-order valence-electron chi connectivity index (χ0n) is 46.1. The lowest BCUT2D eigenvalue weighted by Crippen LogP contribution is -2.61. The van der Waals surface area contributed by atoms with Gasteiger partial charge in [0, 0.05) is 81.7 Å². The molecule has 0 spiro atoms. The second kappa shape index (κ2) is 26.0. The number of hydrogen-bond acceptors (Lipinski definition) is 20. The number of ether oxygens (including phenoxy) is 6. The van der Waals surface area contributed by atoms with Crippen molar-refractivity contribution in [3.8, 4) is 0 Å². The summed E-state index contributed by atoms with van der Waals surface area (Å²) >= 11 is 0. The minimum absolute atomic E-state index is 0.0298. The number of benzene rings is 1. The Labute approximate surface area is 436 Å². The number of aliphatic hydroxyl groups is 5. The summed E-state index contributed by atoms with van der Waals surface area (Å²) < 4.78 is 40.1. The van der Waals surface area contributed by atoms with Crippen molar-refractivity contribution in [1.29, 1.82) is 0 Å². The summed E-state index contributed by atoms with van der Waals surface area (Å²) in [4.78, 5) is 35.0. The van der Waals surface area contributed by atoms with Crippen LogP contribution in [0.2, 0.25) is 0 Å². The molecule has 3 aliphatic rings. The first-order chi connectivity index (χ1) is 34.6. The molecule has 3 saturated heterocycles. The maximum absolute atomic E-state index is 14.6. The van der Waals surface area contributed by atoms with Crippen LogP contribution in [0.5, 0.6) is 0 Å². The Morgan fingerprint density at radius 2 is 1.61 bits per heavy atom. The van der Waals surface area contributed by atoms with E-state index in [2.05, 4.69) is 15.5 Å². The first-order valence-electron chi connectivity index (χ1n) is 26.2. The van der Waals surface area contributed by atoms with Crippen LogP contribution in [0.25, 0.3) is 0 Å². The lowest BCUT2D eigenvalue weighted by atomic mass is 9.73. The first kappa shape index (κ1) is 61.1. The van der Waals surface area contributed by atoms with Crippen LogP contribution in [0.3, 0.4) is 0 Å². The molecule has 4 heterocycles. The average molecular weight is 1050 g/mol. The molecule has 3 fully saturated rings. The number of carbonyl (C=O) groups is 1. The summed E-state index contributed by atoms with van der Waals surface area (Å²) in [6.07, 6.45) is -7.22. The number of aromatic nitrogens is 3. The van der Waals surface area contributed by atoms with Crippen LogP contribution >= 0.6 is 0 Å². The van der Waals surface area contributed by atoms with E-state index in [4.69, 9.17) is 33.3 Å². The van der Waals surface area contributed by atoms with Crippen molar-refractivity contribution in [2.45, 2.75) is 199 Å². The molecule has 74 heavy (non-hydrogen) atoms. The predicted molar refractivity (Wildman–Crippen MR) is 273 cm³/mol. The fraction of sp³-hybridized carbons (Fsp3) is 0.808. The SMILES string of the molecule is CC[C@H]1OC(=O)[C@H](C)[C@@H](OC2C[C@@](C)(OC)[C@@H](O)[C@H](C)O2)[C@H](C)[C@@H](OC2O[C@H](C)C[C@H](N(C)CCc3cn(CCc4ccc([N+](=O)[O-])cc4)nn3)[C@@H]2O)[C@](C)(O)C[C@@H](C)/C(=N\OCCN(C)C)[C@H](C)[C@@H](O)[C@]1(C)O. The maximum Gasteiger partial charge on any atom is 0.311 e. The molecule has 5 N–H and O–H groups in total. The molecule has 420 valence electrons.